The molecule has 0 radical (unpaired) electrons. The van der Waals surface area contributed by atoms with Crippen LogP contribution >= 0.6 is 0 Å². The molecule has 1 atom stereocenters. The molecular formula is C20H22N2O4. The third-order valence-corrected chi connectivity index (χ3v) is 4.12. The number of amides is 2. The lowest BCUT2D eigenvalue weighted by Gasteiger charge is -2.24. The van der Waals surface area contributed by atoms with Gasteiger partial charge in [0.25, 0.3) is 5.91 Å². The highest BCUT2D eigenvalue weighted by Crippen LogP contribution is 2.27. The lowest BCUT2D eigenvalue weighted by molar-refractivity contribution is -0.123. The van der Waals surface area contributed by atoms with Crippen LogP contribution in [0.4, 0.5) is 5.69 Å². The number of hydrogen-bond acceptors (Lipinski definition) is 4. The van der Waals surface area contributed by atoms with Crippen molar-refractivity contribution in [2.24, 2.45) is 5.92 Å². The molecule has 3 rings (SSSR count). The maximum Gasteiger partial charge on any atom is 0.257 e. The first-order chi connectivity index (χ1) is 12.7. The van der Waals surface area contributed by atoms with Crippen LogP contribution in [-0.2, 0) is 16.0 Å². The molecule has 2 N–H and O–H groups in total. The van der Waals surface area contributed by atoms with E-state index in [1.165, 1.54) is 0 Å². The molecule has 0 spiro atoms. The van der Waals surface area contributed by atoms with Gasteiger partial charge in [-0.15, -0.1) is 0 Å². The number of carbonyl (C=O) groups excluding carboxylic acids is 2. The number of para-hydroxylation sites is 1. The highest BCUT2D eigenvalue weighted by atomic mass is 16.5. The van der Waals surface area contributed by atoms with E-state index in [9.17, 15) is 9.59 Å². The molecule has 26 heavy (non-hydrogen) atoms. The Bertz CT molecular complexity index is 774. The standard InChI is InChI=1S/C20H22N2O4/c1-2-21-19(23)13-25-17-9-7-16(8-10-17)22-20(24)15-11-14-5-3-4-6-18(14)26-12-15/h3-10,15H,2,11-13H2,1H3,(H,21,23)(H,22,24). The van der Waals surface area contributed by atoms with Gasteiger partial charge in [0.15, 0.2) is 6.61 Å². The maximum absolute atomic E-state index is 12.5. The lowest BCUT2D eigenvalue weighted by atomic mass is 9.96. The molecule has 2 aromatic rings. The quantitative estimate of drug-likeness (QED) is 0.835. The third kappa shape index (κ3) is 4.53. The number of likely N-dealkylation sites (N-methyl/N-ethyl adjacent to an activating group) is 1. The van der Waals surface area contributed by atoms with Crippen LogP contribution in [0.5, 0.6) is 11.5 Å². The van der Waals surface area contributed by atoms with Gasteiger partial charge in [-0.2, -0.15) is 0 Å². The highest BCUT2D eigenvalue weighted by molar-refractivity contribution is 5.93. The zero-order valence-electron chi connectivity index (χ0n) is 14.7. The van der Waals surface area contributed by atoms with E-state index in [-0.39, 0.29) is 24.3 Å². The Morgan fingerprint density at radius 2 is 1.92 bits per heavy atom. The second-order valence-electron chi connectivity index (χ2n) is 6.08. The number of ether oxygens (including phenoxy) is 2. The summed E-state index contributed by atoms with van der Waals surface area (Å²) < 4.78 is 11.1. The number of carbonyl (C=O) groups is 2. The molecule has 0 bridgehead atoms. The SMILES string of the molecule is CCNC(=O)COc1ccc(NC(=O)C2COc3ccccc3C2)cc1. The van der Waals surface area contributed by atoms with Crippen molar-refractivity contribution in [3.63, 3.8) is 0 Å². The van der Waals surface area contributed by atoms with Crippen molar-refractivity contribution in [1.82, 2.24) is 5.32 Å². The van der Waals surface area contributed by atoms with Gasteiger partial charge in [0.05, 0.1) is 5.92 Å². The fraction of sp³-hybridized carbons (Fsp3) is 0.300. The number of anilines is 1. The third-order valence-electron chi connectivity index (χ3n) is 4.12. The van der Waals surface area contributed by atoms with Crippen LogP contribution < -0.4 is 20.1 Å². The predicted octanol–water partition coefficient (Wildman–Crippen LogP) is 2.39. The van der Waals surface area contributed by atoms with Crippen LogP contribution in [0.2, 0.25) is 0 Å². The molecule has 1 aliphatic rings. The van der Waals surface area contributed by atoms with E-state index in [1.807, 2.05) is 31.2 Å². The molecule has 2 amide bonds. The van der Waals surface area contributed by atoms with E-state index in [0.29, 0.717) is 31.0 Å². The Hall–Kier alpha value is -3.02. The molecule has 6 heteroatoms. The molecule has 2 aromatic carbocycles. The van der Waals surface area contributed by atoms with Gasteiger partial charge < -0.3 is 20.1 Å². The molecule has 0 aromatic heterocycles. The normalized spacial score (nSPS) is 15.3. The van der Waals surface area contributed by atoms with Crippen molar-refractivity contribution in [1.29, 1.82) is 0 Å². The molecule has 0 aliphatic carbocycles. The average molecular weight is 354 g/mol. The molecule has 0 fully saturated rings. The van der Waals surface area contributed by atoms with E-state index in [0.717, 1.165) is 11.3 Å². The Balaban J connectivity index is 1.53. The molecule has 1 heterocycles. The Morgan fingerprint density at radius 3 is 2.69 bits per heavy atom. The van der Waals surface area contributed by atoms with Crippen LogP contribution in [-0.4, -0.2) is 31.6 Å². The topological polar surface area (TPSA) is 76.7 Å². The van der Waals surface area contributed by atoms with Gasteiger partial charge in [-0.1, -0.05) is 18.2 Å². The smallest absolute Gasteiger partial charge is 0.257 e. The summed E-state index contributed by atoms with van der Waals surface area (Å²) in [5.41, 5.74) is 1.73. The van der Waals surface area contributed by atoms with E-state index in [2.05, 4.69) is 10.6 Å². The fourth-order valence-electron chi connectivity index (χ4n) is 2.77. The van der Waals surface area contributed by atoms with Crippen molar-refractivity contribution in [3.8, 4) is 11.5 Å². The zero-order valence-corrected chi connectivity index (χ0v) is 14.7. The van der Waals surface area contributed by atoms with Crippen LogP contribution in [0.15, 0.2) is 48.5 Å². The first-order valence-electron chi connectivity index (χ1n) is 8.67. The number of benzene rings is 2. The Labute approximate surface area is 152 Å². The van der Waals surface area contributed by atoms with Crippen LogP contribution in [0.3, 0.4) is 0 Å². The molecule has 6 nitrogen and oxygen atoms in total. The molecule has 1 unspecified atom stereocenters. The number of rotatable bonds is 6. The van der Waals surface area contributed by atoms with Gasteiger partial charge in [0.1, 0.15) is 18.1 Å². The summed E-state index contributed by atoms with van der Waals surface area (Å²) in [6.07, 6.45) is 0.662. The van der Waals surface area contributed by atoms with Crippen molar-refractivity contribution in [3.05, 3.63) is 54.1 Å². The van der Waals surface area contributed by atoms with Gasteiger partial charge in [0.2, 0.25) is 5.91 Å². The number of hydrogen-bond donors (Lipinski definition) is 2. The van der Waals surface area contributed by atoms with Gasteiger partial charge in [0, 0.05) is 12.2 Å². The van der Waals surface area contributed by atoms with Crippen molar-refractivity contribution in [2.45, 2.75) is 13.3 Å². The minimum Gasteiger partial charge on any atom is -0.492 e. The lowest BCUT2D eigenvalue weighted by Crippen LogP contribution is -2.32. The minimum atomic E-state index is -0.224. The van der Waals surface area contributed by atoms with E-state index >= 15 is 0 Å². The van der Waals surface area contributed by atoms with Gasteiger partial charge in [-0.25, -0.2) is 0 Å². The highest BCUT2D eigenvalue weighted by Gasteiger charge is 2.25. The first kappa shape index (κ1) is 17.8. The summed E-state index contributed by atoms with van der Waals surface area (Å²) in [5.74, 6) is 0.964. The van der Waals surface area contributed by atoms with E-state index in [1.54, 1.807) is 24.3 Å². The van der Waals surface area contributed by atoms with Gasteiger partial charge in [-0.05, 0) is 49.2 Å². The largest absolute Gasteiger partial charge is 0.492 e. The number of nitrogens with one attached hydrogen (secondary N) is 2. The molecule has 136 valence electrons. The second kappa shape index (κ2) is 8.38. The Morgan fingerprint density at radius 1 is 1.15 bits per heavy atom. The van der Waals surface area contributed by atoms with Crippen molar-refractivity contribution < 1.29 is 19.1 Å². The van der Waals surface area contributed by atoms with Crippen LogP contribution in [0, 0.1) is 5.92 Å². The molecule has 0 saturated heterocycles. The summed E-state index contributed by atoms with van der Waals surface area (Å²) in [6, 6.07) is 14.7. The summed E-state index contributed by atoms with van der Waals surface area (Å²) in [4.78, 5) is 23.9. The summed E-state index contributed by atoms with van der Waals surface area (Å²) in [6.45, 7) is 2.77. The first-order valence-corrected chi connectivity index (χ1v) is 8.67. The van der Waals surface area contributed by atoms with Crippen molar-refractivity contribution in [2.75, 3.05) is 25.1 Å². The summed E-state index contributed by atoms with van der Waals surface area (Å²) in [5, 5.41) is 5.56. The minimum absolute atomic E-state index is 0.0294. The predicted molar refractivity (Wildman–Crippen MR) is 98.4 cm³/mol. The molecule has 1 aliphatic heterocycles. The van der Waals surface area contributed by atoms with Gasteiger partial charge >= 0.3 is 0 Å². The van der Waals surface area contributed by atoms with Crippen molar-refractivity contribution >= 4 is 17.5 Å². The van der Waals surface area contributed by atoms with Crippen LogP contribution in [0.1, 0.15) is 12.5 Å². The van der Waals surface area contributed by atoms with E-state index < -0.39 is 0 Å². The molecular weight excluding hydrogens is 332 g/mol. The summed E-state index contributed by atoms with van der Waals surface area (Å²) in [7, 11) is 0. The van der Waals surface area contributed by atoms with E-state index in [4.69, 9.17) is 9.47 Å². The molecule has 0 saturated carbocycles. The Kier molecular flexibility index (Phi) is 5.73. The summed E-state index contributed by atoms with van der Waals surface area (Å²) >= 11 is 0. The van der Waals surface area contributed by atoms with Gasteiger partial charge in [-0.3, -0.25) is 9.59 Å². The second-order valence-corrected chi connectivity index (χ2v) is 6.08. The fourth-order valence-corrected chi connectivity index (χ4v) is 2.77. The zero-order chi connectivity index (χ0) is 18.4. The monoisotopic (exact) mass is 354 g/mol. The average Bonchev–Trinajstić information content (AvgIpc) is 2.67. The van der Waals surface area contributed by atoms with Crippen LogP contribution in [0.25, 0.3) is 0 Å². The maximum atomic E-state index is 12.5. The number of fused-ring (bicyclic) bond motifs is 1.